The van der Waals surface area contributed by atoms with Gasteiger partial charge in [0.05, 0.1) is 11.0 Å². The van der Waals surface area contributed by atoms with Crippen molar-refractivity contribution in [3.8, 4) is 39.3 Å². The molecule has 0 saturated heterocycles. The van der Waals surface area contributed by atoms with E-state index in [-0.39, 0.29) is 0 Å². The molecule has 0 fully saturated rings. The van der Waals surface area contributed by atoms with Crippen LogP contribution in [0.4, 0.5) is 0 Å². The molecule has 2 heteroatoms. The quantitative estimate of drug-likeness (QED) is 0.193. The average molecular weight is 575 g/mol. The molecule has 7 aromatic carbocycles. The molecule has 8 aromatic rings. The molecule has 0 N–H and O–H groups in total. The van der Waals surface area contributed by atoms with E-state index in [1.165, 1.54) is 32.7 Å². The fraction of sp³-hybridized carbons (Fsp3) is 0. The Morgan fingerprint density at radius 1 is 0.489 bits per heavy atom. The zero-order valence-electron chi connectivity index (χ0n) is 24.8. The molecule has 0 bridgehead atoms. The summed E-state index contributed by atoms with van der Waals surface area (Å²) in [5.41, 5.74) is 11.0. The third-order valence-corrected chi connectivity index (χ3v) is 8.75. The predicted octanol–water partition coefficient (Wildman–Crippen LogP) is 11.6. The standard InChI is InChI=1S/C43H30N2/c1-3-35-36(4-2)42(33-23-22-29-14-8-9-17-32(29)28-33)38-19-11-10-18-37(38)41(35)30-24-26-34(27-25-30)45-40-21-13-12-20-39(40)44-43(45)31-15-6-5-7-16-31/h3-28H,1-2H2. The van der Waals surface area contributed by atoms with Crippen LogP contribution in [0.15, 0.2) is 159 Å². The van der Waals surface area contributed by atoms with Crippen LogP contribution in [-0.4, -0.2) is 9.55 Å². The second kappa shape index (κ2) is 10.9. The van der Waals surface area contributed by atoms with Crippen LogP contribution in [0, 0.1) is 0 Å². The number of aromatic nitrogens is 2. The number of imidazole rings is 1. The van der Waals surface area contributed by atoms with Crippen molar-refractivity contribution in [3.63, 3.8) is 0 Å². The van der Waals surface area contributed by atoms with Gasteiger partial charge in [-0.15, -0.1) is 0 Å². The van der Waals surface area contributed by atoms with E-state index < -0.39 is 0 Å². The highest BCUT2D eigenvalue weighted by Gasteiger charge is 2.20. The Morgan fingerprint density at radius 2 is 1.07 bits per heavy atom. The summed E-state index contributed by atoms with van der Waals surface area (Å²) in [7, 11) is 0. The fourth-order valence-corrected chi connectivity index (χ4v) is 6.71. The van der Waals surface area contributed by atoms with E-state index in [0.29, 0.717) is 0 Å². The molecular formula is C43H30N2. The van der Waals surface area contributed by atoms with Crippen molar-refractivity contribution in [2.75, 3.05) is 0 Å². The van der Waals surface area contributed by atoms with Crippen LogP contribution in [-0.2, 0) is 0 Å². The topological polar surface area (TPSA) is 17.8 Å². The molecule has 8 rings (SSSR count). The summed E-state index contributed by atoms with van der Waals surface area (Å²) in [5.74, 6) is 0.926. The van der Waals surface area contributed by atoms with E-state index in [4.69, 9.17) is 4.98 Å². The maximum atomic E-state index is 5.03. The lowest BCUT2D eigenvalue weighted by Gasteiger charge is -2.20. The van der Waals surface area contributed by atoms with Crippen molar-refractivity contribution in [3.05, 3.63) is 170 Å². The Kier molecular flexibility index (Phi) is 6.47. The SMILES string of the molecule is C=Cc1c(C=C)c(-c2ccc3ccccc3c2)c2ccccc2c1-c1ccc(-n2c(-c3ccccc3)nc3ccccc32)cc1. The molecule has 1 aromatic heterocycles. The Balaban J connectivity index is 1.33. The van der Waals surface area contributed by atoms with Crippen molar-refractivity contribution in [2.24, 2.45) is 0 Å². The van der Waals surface area contributed by atoms with Crippen LogP contribution in [0.1, 0.15) is 11.1 Å². The number of benzene rings is 7. The number of para-hydroxylation sites is 2. The van der Waals surface area contributed by atoms with Crippen molar-refractivity contribution in [2.45, 2.75) is 0 Å². The van der Waals surface area contributed by atoms with E-state index in [0.717, 1.165) is 50.4 Å². The first kappa shape index (κ1) is 26.6. The van der Waals surface area contributed by atoms with Gasteiger partial charge in [0.1, 0.15) is 5.82 Å². The monoisotopic (exact) mass is 574 g/mol. The van der Waals surface area contributed by atoms with Gasteiger partial charge < -0.3 is 0 Å². The number of hydrogen-bond donors (Lipinski definition) is 0. The molecular weight excluding hydrogens is 544 g/mol. The summed E-state index contributed by atoms with van der Waals surface area (Å²) in [6.07, 6.45) is 3.96. The molecule has 45 heavy (non-hydrogen) atoms. The smallest absolute Gasteiger partial charge is 0.145 e. The van der Waals surface area contributed by atoms with Gasteiger partial charge >= 0.3 is 0 Å². The van der Waals surface area contributed by atoms with Gasteiger partial charge in [-0.1, -0.05) is 141 Å². The van der Waals surface area contributed by atoms with Gasteiger partial charge in [0.25, 0.3) is 0 Å². The second-order valence-electron chi connectivity index (χ2n) is 11.3. The number of fused-ring (bicyclic) bond motifs is 3. The Labute approximate surface area is 262 Å². The maximum Gasteiger partial charge on any atom is 0.145 e. The zero-order chi connectivity index (χ0) is 30.3. The third kappa shape index (κ3) is 4.39. The third-order valence-electron chi connectivity index (χ3n) is 8.75. The normalized spacial score (nSPS) is 11.3. The highest BCUT2D eigenvalue weighted by molar-refractivity contribution is 6.12. The predicted molar refractivity (Wildman–Crippen MR) is 193 cm³/mol. The van der Waals surface area contributed by atoms with Gasteiger partial charge in [0.2, 0.25) is 0 Å². The highest BCUT2D eigenvalue weighted by Crippen LogP contribution is 2.44. The van der Waals surface area contributed by atoms with Crippen LogP contribution in [0.2, 0.25) is 0 Å². The average Bonchev–Trinajstić information content (AvgIpc) is 3.50. The van der Waals surface area contributed by atoms with E-state index >= 15 is 0 Å². The molecule has 0 amide bonds. The summed E-state index contributed by atoms with van der Waals surface area (Å²) in [4.78, 5) is 5.03. The summed E-state index contributed by atoms with van der Waals surface area (Å²) < 4.78 is 2.25. The minimum Gasteiger partial charge on any atom is -0.292 e. The number of rotatable bonds is 6. The van der Waals surface area contributed by atoms with Gasteiger partial charge in [0.15, 0.2) is 0 Å². The molecule has 0 unspecified atom stereocenters. The molecule has 1 heterocycles. The first-order valence-electron chi connectivity index (χ1n) is 15.2. The van der Waals surface area contributed by atoms with Gasteiger partial charge in [-0.3, -0.25) is 4.57 Å². The molecule has 0 radical (unpaired) electrons. The Morgan fingerprint density at radius 3 is 1.78 bits per heavy atom. The highest BCUT2D eigenvalue weighted by atomic mass is 15.1. The van der Waals surface area contributed by atoms with Crippen LogP contribution in [0.5, 0.6) is 0 Å². The molecule has 0 aliphatic rings. The number of hydrogen-bond acceptors (Lipinski definition) is 1. The van der Waals surface area contributed by atoms with Gasteiger partial charge in [-0.25, -0.2) is 4.98 Å². The van der Waals surface area contributed by atoms with Crippen molar-refractivity contribution >= 4 is 44.7 Å². The summed E-state index contributed by atoms with van der Waals surface area (Å²) >= 11 is 0. The largest absolute Gasteiger partial charge is 0.292 e. The Hall–Kier alpha value is -5.99. The molecule has 0 aliphatic carbocycles. The lowest BCUT2D eigenvalue weighted by molar-refractivity contribution is 1.10. The Bertz CT molecular complexity index is 2390. The molecule has 2 nitrogen and oxygen atoms in total. The second-order valence-corrected chi connectivity index (χ2v) is 11.3. The fourth-order valence-electron chi connectivity index (χ4n) is 6.71. The maximum absolute atomic E-state index is 5.03. The van der Waals surface area contributed by atoms with Gasteiger partial charge in [-0.2, -0.15) is 0 Å². The zero-order valence-corrected chi connectivity index (χ0v) is 24.8. The lowest BCUT2D eigenvalue weighted by Crippen LogP contribution is -1.99. The van der Waals surface area contributed by atoms with E-state index in [9.17, 15) is 0 Å². The van der Waals surface area contributed by atoms with Crippen LogP contribution in [0.3, 0.4) is 0 Å². The van der Waals surface area contributed by atoms with Crippen LogP contribution < -0.4 is 0 Å². The van der Waals surface area contributed by atoms with Crippen molar-refractivity contribution in [1.82, 2.24) is 9.55 Å². The molecule has 0 aliphatic heterocycles. The van der Waals surface area contributed by atoms with Crippen LogP contribution >= 0.6 is 0 Å². The van der Waals surface area contributed by atoms with E-state index in [1.54, 1.807) is 0 Å². The summed E-state index contributed by atoms with van der Waals surface area (Å²) in [6, 6.07) is 51.4. The first-order valence-corrected chi connectivity index (χ1v) is 15.2. The number of nitrogens with zero attached hydrogens (tertiary/aromatic N) is 2. The molecule has 212 valence electrons. The van der Waals surface area contributed by atoms with Gasteiger partial charge in [-0.05, 0) is 85.3 Å². The lowest BCUT2D eigenvalue weighted by atomic mass is 9.83. The molecule has 0 spiro atoms. The van der Waals surface area contributed by atoms with Crippen molar-refractivity contribution in [1.29, 1.82) is 0 Å². The van der Waals surface area contributed by atoms with Gasteiger partial charge in [0, 0.05) is 11.3 Å². The minimum absolute atomic E-state index is 0.926. The minimum atomic E-state index is 0.926. The van der Waals surface area contributed by atoms with E-state index in [1.807, 2.05) is 24.3 Å². The molecule has 0 atom stereocenters. The first-order chi connectivity index (χ1) is 22.2. The van der Waals surface area contributed by atoms with Crippen molar-refractivity contribution < 1.29 is 0 Å². The van der Waals surface area contributed by atoms with E-state index in [2.05, 4.69) is 151 Å². The molecule has 0 saturated carbocycles. The summed E-state index contributed by atoms with van der Waals surface area (Å²) in [6.45, 7) is 8.58. The van der Waals surface area contributed by atoms with Crippen LogP contribution in [0.25, 0.3) is 84.1 Å². The summed E-state index contributed by atoms with van der Waals surface area (Å²) in [5, 5.41) is 4.83.